The minimum atomic E-state index is -0.241. The summed E-state index contributed by atoms with van der Waals surface area (Å²) in [6.07, 6.45) is 6.74. The molecule has 0 spiro atoms. The van der Waals surface area contributed by atoms with Gasteiger partial charge in [0.1, 0.15) is 17.4 Å². The molecule has 2 aliphatic heterocycles. The average molecular weight is 516 g/mol. The Morgan fingerprint density at radius 2 is 2.08 bits per heavy atom. The largest absolute Gasteiger partial charge is 0.492 e. The molecular weight excluding hydrogens is 482 g/mol. The quantitative estimate of drug-likeness (QED) is 0.365. The van der Waals surface area contributed by atoms with Gasteiger partial charge in [-0.05, 0) is 56.5 Å². The summed E-state index contributed by atoms with van der Waals surface area (Å²) in [5.74, 6) is 1.20. The Bertz CT molecular complexity index is 1370. The standard InChI is InChI=1S/C29H33N5O2S/c1-29(20-33-14-7-3-4-8-22(29)19-33)31-27(35)26-24-12-11-21(28-30-13-17-37-28)18-25(24)34(32-26)15-16-36-23-9-5-2-6-10-23/h2,5-6,9-13,17-18,22H,3-4,7-8,14-16,19-20H2,1H3,(H,31,35)/t22-,29+/m0/s1. The van der Waals surface area contributed by atoms with E-state index in [1.807, 2.05) is 58.7 Å². The number of hydrogen-bond donors (Lipinski definition) is 1. The molecule has 37 heavy (non-hydrogen) atoms. The highest BCUT2D eigenvalue weighted by molar-refractivity contribution is 7.13. The van der Waals surface area contributed by atoms with Gasteiger partial charge >= 0.3 is 0 Å². The van der Waals surface area contributed by atoms with E-state index in [0.29, 0.717) is 24.8 Å². The van der Waals surface area contributed by atoms with E-state index in [1.165, 1.54) is 19.3 Å². The molecule has 2 bridgehead atoms. The Balaban J connectivity index is 1.29. The molecule has 8 heteroatoms. The fraction of sp³-hybridized carbons (Fsp3) is 0.414. The van der Waals surface area contributed by atoms with E-state index in [4.69, 9.17) is 9.84 Å². The first kappa shape index (κ1) is 24.1. The summed E-state index contributed by atoms with van der Waals surface area (Å²) in [6.45, 7) is 6.31. The number of nitrogens with zero attached hydrogens (tertiary/aromatic N) is 4. The average Bonchev–Trinajstić information content (AvgIpc) is 3.62. The highest BCUT2D eigenvalue weighted by Gasteiger charge is 2.44. The van der Waals surface area contributed by atoms with E-state index in [2.05, 4.69) is 28.2 Å². The van der Waals surface area contributed by atoms with Crippen LogP contribution in [0.2, 0.25) is 0 Å². The van der Waals surface area contributed by atoms with E-state index in [0.717, 1.165) is 53.3 Å². The Morgan fingerprint density at radius 3 is 2.92 bits per heavy atom. The molecule has 4 aromatic rings. The number of carbonyl (C=O) groups is 1. The number of benzene rings is 2. The SMILES string of the molecule is C[C@@]1(NC(=O)c2nn(CCOc3ccccc3)c3cc(-c4nccs4)ccc23)CN2CCCCC[C@H]1C2. The van der Waals surface area contributed by atoms with Crippen LogP contribution in [0.5, 0.6) is 5.75 Å². The second-order valence-electron chi connectivity index (χ2n) is 10.5. The molecule has 0 radical (unpaired) electrons. The third-order valence-corrected chi connectivity index (χ3v) is 8.64. The highest BCUT2D eigenvalue weighted by Crippen LogP contribution is 2.34. The lowest BCUT2D eigenvalue weighted by atomic mass is 9.84. The zero-order chi connectivity index (χ0) is 25.2. The molecular formula is C29H33N5O2S. The number of nitrogens with one attached hydrogen (secondary N) is 1. The molecule has 2 aromatic carbocycles. The van der Waals surface area contributed by atoms with Crippen molar-refractivity contribution in [2.75, 3.05) is 26.2 Å². The van der Waals surface area contributed by atoms with Gasteiger partial charge in [-0.2, -0.15) is 5.10 Å². The highest BCUT2D eigenvalue weighted by atomic mass is 32.1. The van der Waals surface area contributed by atoms with Crippen molar-refractivity contribution >= 4 is 28.1 Å². The van der Waals surface area contributed by atoms with Crippen LogP contribution in [-0.2, 0) is 6.54 Å². The maximum Gasteiger partial charge on any atom is 0.272 e. The second-order valence-corrected chi connectivity index (χ2v) is 11.3. The van der Waals surface area contributed by atoms with Gasteiger partial charge < -0.3 is 15.0 Å². The smallest absolute Gasteiger partial charge is 0.272 e. The number of carbonyl (C=O) groups excluding carboxylic acids is 1. The summed E-state index contributed by atoms with van der Waals surface area (Å²) < 4.78 is 7.85. The Kier molecular flexibility index (Phi) is 6.69. The van der Waals surface area contributed by atoms with E-state index >= 15 is 0 Å². The lowest BCUT2D eigenvalue weighted by molar-refractivity contribution is 0.0882. The fourth-order valence-electron chi connectivity index (χ4n) is 5.89. The molecule has 1 unspecified atom stereocenters. The van der Waals surface area contributed by atoms with Crippen LogP contribution < -0.4 is 10.1 Å². The summed E-state index contributed by atoms with van der Waals surface area (Å²) in [4.78, 5) is 20.7. The van der Waals surface area contributed by atoms with Gasteiger partial charge in [0.25, 0.3) is 5.91 Å². The van der Waals surface area contributed by atoms with E-state index in [-0.39, 0.29) is 11.4 Å². The molecule has 0 aliphatic carbocycles. The van der Waals surface area contributed by atoms with Crippen molar-refractivity contribution in [1.29, 1.82) is 0 Å². The first-order chi connectivity index (χ1) is 18.1. The summed E-state index contributed by atoms with van der Waals surface area (Å²) in [5, 5.41) is 12.0. The molecule has 1 N–H and O–H groups in total. The van der Waals surface area contributed by atoms with Crippen LogP contribution in [0.15, 0.2) is 60.1 Å². The van der Waals surface area contributed by atoms with Crippen molar-refractivity contribution in [2.24, 2.45) is 5.92 Å². The van der Waals surface area contributed by atoms with Crippen molar-refractivity contribution in [3.63, 3.8) is 0 Å². The van der Waals surface area contributed by atoms with Gasteiger partial charge in [0.2, 0.25) is 0 Å². The third kappa shape index (κ3) is 5.00. The number of hydrogen-bond acceptors (Lipinski definition) is 6. The van der Waals surface area contributed by atoms with Crippen LogP contribution in [-0.4, -0.2) is 57.4 Å². The monoisotopic (exact) mass is 515 g/mol. The number of amides is 1. The first-order valence-corrected chi connectivity index (χ1v) is 14.1. The number of aromatic nitrogens is 3. The number of fused-ring (bicyclic) bond motifs is 3. The molecule has 2 fully saturated rings. The molecule has 3 atom stereocenters. The van der Waals surface area contributed by atoms with Crippen molar-refractivity contribution in [3.8, 4) is 16.3 Å². The molecule has 6 rings (SSSR count). The van der Waals surface area contributed by atoms with Gasteiger partial charge in [0.05, 0.1) is 17.6 Å². The first-order valence-electron chi connectivity index (χ1n) is 13.2. The normalized spacial score (nSPS) is 23.5. The maximum atomic E-state index is 13.8. The maximum absolute atomic E-state index is 13.8. The van der Waals surface area contributed by atoms with Gasteiger partial charge in [0.15, 0.2) is 5.69 Å². The lowest BCUT2D eigenvalue weighted by Gasteiger charge is -2.31. The van der Waals surface area contributed by atoms with Crippen LogP contribution in [0.3, 0.4) is 0 Å². The van der Waals surface area contributed by atoms with Gasteiger partial charge in [-0.15, -0.1) is 11.3 Å². The van der Waals surface area contributed by atoms with Crippen LogP contribution in [0.25, 0.3) is 21.5 Å². The predicted octanol–water partition coefficient (Wildman–Crippen LogP) is 5.23. The third-order valence-electron chi connectivity index (χ3n) is 7.82. The van der Waals surface area contributed by atoms with Gasteiger partial charge in [-0.1, -0.05) is 37.1 Å². The molecule has 0 saturated carbocycles. The summed E-state index contributed by atoms with van der Waals surface area (Å²) in [7, 11) is 0. The molecule has 2 aliphatic rings. The van der Waals surface area contributed by atoms with E-state index in [9.17, 15) is 4.79 Å². The molecule has 2 saturated heterocycles. The second kappa shape index (κ2) is 10.3. The zero-order valence-electron chi connectivity index (χ0n) is 21.2. The van der Waals surface area contributed by atoms with Crippen molar-refractivity contribution in [2.45, 2.75) is 44.7 Å². The molecule has 2 aromatic heterocycles. The molecule has 7 nitrogen and oxygen atoms in total. The van der Waals surface area contributed by atoms with E-state index < -0.39 is 0 Å². The summed E-state index contributed by atoms with van der Waals surface area (Å²) in [5.41, 5.74) is 2.18. The molecule has 1 amide bonds. The van der Waals surface area contributed by atoms with Gasteiger partial charge in [0, 0.05) is 35.6 Å². The Hall–Kier alpha value is -3.23. The van der Waals surface area contributed by atoms with Crippen molar-refractivity contribution in [3.05, 3.63) is 65.8 Å². The van der Waals surface area contributed by atoms with Crippen molar-refractivity contribution < 1.29 is 9.53 Å². The minimum Gasteiger partial charge on any atom is -0.492 e. The minimum absolute atomic E-state index is 0.0941. The Morgan fingerprint density at radius 1 is 1.19 bits per heavy atom. The number of para-hydroxylation sites is 1. The van der Waals surface area contributed by atoms with E-state index in [1.54, 1.807) is 11.3 Å². The fourth-order valence-corrected chi connectivity index (χ4v) is 6.53. The topological polar surface area (TPSA) is 72.3 Å². The molecule has 192 valence electrons. The van der Waals surface area contributed by atoms with Crippen LogP contribution in [0.1, 0.15) is 43.1 Å². The van der Waals surface area contributed by atoms with Gasteiger partial charge in [-0.3, -0.25) is 9.48 Å². The van der Waals surface area contributed by atoms with Crippen LogP contribution in [0, 0.1) is 5.92 Å². The predicted molar refractivity (Wildman–Crippen MR) is 147 cm³/mol. The lowest BCUT2D eigenvalue weighted by Crippen LogP contribution is -2.52. The number of ether oxygens (including phenoxy) is 1. The zero-order valence-corrected chi connectivity index (χ0v) is 22.0. The molecule has 4 heterocycles. The number of rotatable bonds is 7. The van der Waals surface area contributed by atoms with Crippen molar-refractivity contribution in [1.82, 2.24) is 25.0 Å². The van der Waals surface area contributed by atoms with Crippen LogP contribution in [0.4, 0.5) is 0 Å². The number of thiazole rings is 1. The summed E-state index contributed by atoms with van der Waals surface area (Å²) >= 11 is 1.60. The Labute approximate surface area is 221 Å². The van der Waals surface area contributed by atoms with Crippen LogP contribution >= 0.6 is 11.3 Å². The summed E-state index contributed by atoms with van der Waals surface area (Å²) in [6, 6.07) is 15.9. The van der Waals surface area contributed by atoms with Gasteiger partial charge in [-0.25, -0.2) is 4.98 Å².